The fourth-order valence-electron chi connectivity index (χ4n) is 4.83. The lowest BCUT2D eigenvalue weighted by molar-refractivity contribution is 0.0700. The molecule has 1 saturated heterocycles. The molecule has 0 spiro atoms. The van der Waals surface area contributed by atoms with Gasteiger partial charge in [-0.05, 0) is 37.7 Å². The molecule has 2 amide bonds. The van der Waals surface area contributed by atoms with E-state index >= 15 is 0 Å². The monoisotopic (exact) mass is 493 g/mol. The van der Waals surface area contributed by atoms with Gasteiger partial charge in [-0.3, -0.25) is 9.20 Å². The van der Waals surface area contributed by atoms with E-state index in [2.05, 4.69) is 21.4 Å². The van der Waals surface area contributed by atoms with E-state index in [0.717, 1.165) is 32.4 Å². The molecule has 1 aromatic carbocycles. The van der Waals surface area contributed by atoms with Crippen LogP contribution in [0.2, 0.25) is 0 Å². The number of rotatable bonds is 5. The van der Waals surface area contributed by atoms with Gasteiger partial charge in [0.1, 0.15) is 5.69 Å². The molecule has 0 radical (unpaired) electrons. The molecule has 1 aliphatic heterocycles. The molecule has 10 heteroatoms. The molecule has 4 heterocycles. The molecule has 1 aliphatic carbocycles. The molecule has 34 heavy (non-hydrogen) atoms. The van der Waals surface area contributed by atoms with E-state index in [-0.39, 0.29) is 17.8 Å². The van der Waals surface area contributed by atoms with Gasteiger partial charge in [0.2, 0.25) is 5.88 Å². The third kappa shape index (κ3) is 3.86. The first-order valence-electron chi connectivity index (χ1n) is 11.2. The number of nitrogens with one attached hydrogen (secondary N) is 1. The van der Waals surface area contributed by atoms with Crippen LogP contribution >= 0.6 is 22.7 Å². The standard InChI is InChI=1S/C24H23N5O3S2/c1-13-4-3-5-15(8-13)21-20(26-14(2)34-21)22(30)29-11-16-9-17(16)18(29)10-25-24(31)32-19-12-28-6-7-33-23(28)27-19/h3-8,12,16-18H,9-11H2,1-2H3,(H,25,31)/t16-,17-,18+/m0/s1. The molecule has 4 aromatic rings. The quantitative estimate of drug-likeness (QED) is 0.446. The van der Waals surface area contributed by atoms with Gasteiger partial charge >= 0.3 is 6.09 Å². The predicted octanol–water partition coefficient (Wildman–Crippen LogP) is 4.39. The molecule has 2 aliphatic rings. The molecule has 3 atom stereocenters. The normalized spacial score (nSPS) is 21.0. The number of nitrogens with zero attached hydrogens (tertiary/aromatic N) is 4. The predicted molar refractivity (Wildman–Crippen MR) is 131 cm³/mol. The molecule has 8 nitrogen and oxygen atoms in total. The first-order chi connectivity index (χ1) is 16.5. The maximum Gasteiger partial charge on any atom is 0.414 e. The van der Waals surface area contributed by atoms with Crippen LogP contribution in [0.1, 0.15) is 27.5 Å². The minimum absolute atomic E-state index is 0.0668. The number of fused-ring (bicyclic) bond motifs is 2. The van der Waals surface area contributed by atoms with Crippen molar-refractivity contribution in [3.05, 3.63) is 58.3 Å². The number of benzene rings is 1. The molecule has 174 valence electrons. The highest BCUT2D eigenvalue weighted by Gasteiger charge is 2.54. The second-order valence-corrected chi connectivity index (χ2v) is 11.0. The van der Waals surface area contributed by atoms with Crippen molar-refractivity contribution in [1.82, 2.24) is 24.6 Å². The Bertz CT molecular complexity index is 1380. The van der Waals surface area contributed by atoms with E-state index in [0.29, 0.717) is 30.6 Å². The molecule has 3 aromatic heterocycles. The van der Waals surface area contributed by atoms with Crippen LogP contribution in [-0.4, -0.2) is 50.4 Å². The average Bonchev–Trinajstić information content (AvgIpc) is 3.16. The van der Waals surface area contributed by atoms with Gasteiger partial charge < -0.3 is 15.0 Å². The summed E-state index contributed by atoms with van der Waals surface area (Å²) in [5.74, 6) is 1.09. The number of imidazole rings is 1. The van der Waals surface area contributed by atoms with Crippen molar-refractivity contribution >= 4 is 39.6 Å². The SMILES string of the molecule is Cc1cccc(-c2sc(C)nc2C(=O)N2C[C@@H]3C[C@@H]3[C@H]2CNC(=O)Oc2cn3ccsc3n2)c1. The van der Waals surface area contributed by atoms with Gasteiger partial charge in [0.15, 0.2) is 4.96 Å². The fraction of sp³-hybridized carbons (Fsp3) is 0.333. The number of aromatic nitrogens is 3. The number of carbonyl (C=O) groups is 2. The molecule has 1 N–H and O–H groups in total. The molecule has 2 fully saturated rings. The van der Waals surface area contributed by atoms with E-state index in [4.69, 9.17) is 4.74 Å². The Kier molecular flexibility index (Phi) is 5.14. The van der Waals surface area contributed by atoms with E-state index < -0.39 is 6.09 Å². The minimum Gasteiger partial charge on any atom is -0.390 e. The van der Waals surface area contributed by atoms with Crippen molar-refractivity contribution in [2.75, 3.05) is 13.1 Å². The second kappa shape index (κ2) is 8.21. The van der Waals surface area contributed by atoms with Crippen LogP contribution in [0, 0.1) is 25.7 Å². The number of amides is 2. The number of piperidine rings is 1. The maximum atomic E-state index is 13.6. The van der Waals surface area contributed by atoms with Crippen LogP contribution < -0.4 is 10.1 Å². The summed E-state index contributed by atoms with van der Waals surface area (Å²) in [5.41, 5.74) is 2.65. The van der Waals surface area contributed by atoms with Crippen LogP contribution in [0.5, 0.6) is 5.88 Å². The number of hydrogen-bond donors (Lipinski definition) is 1. The molecular weight excluding hydrogens is 470 g/mol. The van der Waals surface area contributed by atoms with Gasteiger partial charge in [0.05, 0.1) is 22.1 Å². The third-order valence-electron chi connectivity index (χ3n) is 6.50. The Balaban J connectivity index is 1.17. The van der Waals surface area contributed by atoms with Gasteiger partial charge in [-0.25, -0.2) is 9.78 Å². The lowest BCUT2D eigenvalue weighted by Crippen LogP contribution is -2.46. The van der Waals surface area contributed by atoms with Crippen molar-refractivity contribution < 1.29 is 14.3 Å². The topological polar surface area (TPSA) is 88.8 Å². The van der Waals surface area contributed by atoms with Crippen LogP contribution in [0.15, 0.2) is 42.0 Å². The summed E-state index contributed by atoms with van der Waals surface area (Å²) in [5, 5.41) is 5.62. The number of likely N-dealkylation sites (tertiary alicyclic amines) is 1. The number of carbonyl (C=O) groups excluding carboxylic acids is 2. The van der Waals surface area contributed by atoms with Gasteiger partial charge in [-0.1, -0.05) is 29.8 Å². The van der Waals surface area contributed by atoms with Crippen LogP contribution in [0.4, 0.5) is 4.79 Å². The summed E-state index contributed by atoms with van der Waals surface area (Å²) >= 11 is 3.01. The summed E-state index contributed by atoms with van der Waals surface area (Å²) in [6.07, 6.45) is 4.05. The largest absolute Gasteiger partial charge is 0.414 e. The Hall–Kier alpha value is -3.24. The van der Waals surface area contributed by atoms with Crippen LogP contribution in [0.3, 0.4) is 0 Å². The molecule has 0 bridgehead atoms. The van der Waals surface area contributed by atoms with E-state index in [1.165, 1.54) is 11.3 Å². The Morgan fingerprint density at radius 2 is 2.15 bits per heavy atom. The first-order valence-corrected chi connectivity index (χ1v) is 12.9. The molecule has 6 rings (SSSR count). The average molecular weight is 494 g/mol. The smallest absolute Gasteiger partial charge is 0.390 e. The summed E-state index contributed by atoms with van der Waals surface area (Å²) in [4.78, 5) is 38.5. The van der Waals surface area contributed by atoms with Crippen molar-refractivity contribution in [3.8, 4) is 16.3 Å². The zero-order valence-electron chi connectivity index (χ0n) is 18.7. The molecular formula is C24H23N5O3S2. The summed E-state index contributed by atoms with van der Waals surface area (Å²) in [6.45, 7) is 5.01. The van der Waals surface area contributed by atoms with E-state index in [1.54, 1.807) is 21.9 Å². The second-order valence-electron chi connectivity index (χ2n) is 8.91. The van der Waals surface area contributed by atoms with Crippen molar-refractivity contribution in [2.45, 2.75) is 26.3 Å². The zero-order valence-corrected chi connectivity index (χ0v) is 20.4. The Morgan fingerprint density at radius 3 is 2.97 bits per heavy atom. The van der Waals surface area contributed by atoms with Crippen LogP contribution in [0.25, 0.3) is 15.4 Å². The highest BCUT2D eigenvalue weighted by atomic mass is 32.1. The number of hydrogen-bond acceptors (Lipinski definition) is 7. The maximum absolute atomic E-state index is 13.6. The first kappa shape index (κ1) is 21.3. The summed E-state index contributed by atoms with van der Waals surface area (Å²) in [7, 11) is 0. The van der Waals surface area contributed by atoms with Crippen molar-refractivity contribution in [2.24, 2.45) is 11.8 Å². The Labute approximate surface area is 204 Å². The lowest BCUT2D eigenvalue weighted by Gasteiger charge is -2.27. The highest BCUT2D eigenvalue weighted by molar-refractivity contribution is 7.15. The minimum atomic E-state index is -0.563. The van der Waals surface area contributed by atoms with Gasteiger partial charge in [-0.2, -0.15) is 4.98 Å². The third-order valence-corrected chi connectivity index (χ3v) is 8.30. The zero-order chi connectivity index (χ0) is 23.4. The van der Waals surface area contributed by atoms with Gasteiger partial charge in [0.25, 0.3) is 5.91 Å². The number of aryl methyl sites for hydroxylation is 2. The Morgan fingerprint density at radius 1 is 1.26 bits per heavy atom. The van der Waals surface area contributed by atoms with E-state index in [9.17, 15) is 9.59 Å². The van der Waals surface area contributed by atoms with Gasteiger partial charge in [-0.15, -0.1) is 22.7 Å². The van der Waals surface area contributed by atoms with E-state index in [1.807, 2.05) is 48.5 Å². The van der Waals surface area contributed by atoms with Crippen molar-refractivity contribution in [3.63, 3.8) is 0 Å². The van der Waals surface area contributed by atoms with Crippen molar-refractivity contribution in [1.29, 1.82) is 0 Å². The fourth-order valence-corrected chi connectivity index (χ4v) is 6.43. The summed E-state index contributed by atoms with van der Waals surface area (Å²) < 4.78 is 7.16. The highest BCUT2D eigenvalue weighted by Crippen LogP contribution is 2.50. The molecule has 0 unspecified atom stereocenters. The number of ether oxygens (including phenoxy) is 1. The number of thiazole rings is 2. The summed E-state index contributed by atoms with van der Waals surface area (Å²) in [6, 6.07) is 8.08. The lowest BCUT2D eigenvalue weighted by atomic mass is 10.1. The van der Waals surface area contributed by atoms with Gasteiger partial charge in [0, 0.05) is 24.7 Å². The molecule has 1 saturated carbocycles. The van der Waals surface area contributed by atoms with Crippen LogP contribution in [-0.2, 0) is 0 Å².